The van der Waals surface area contributed by atoms with Crippen molar-refractivity contribution in [2.75, 3.05) is 0 Å². The highest BCUT2D eigenvalue weighted by Crippen LogP contribution is 2.70. The van der Waals surface area contributed by atoms with Gasteiger partial charge in [0.2, 0.25) is 0 Å². The molecule has 0 spiro atoms. The van der Waals surface area contributed by atoms with Crippen molar-refractivity contribution in [1.82, 2.24) is 4.98 Å². The third kappa shape index (κ3) is 3.10. The van der Waals surface area contributed by atoms with Crippen LogP contribution in [-0.2, 0) is 4.79 Å². The molecule has 32 heavy (non-hydrogen) atoms. The summed E-state index contributed by atoms with van der Waals surface area (Å²) in [5.41, 5.74) is 1.23. The zero-order valence-electron chi connectivity index (χ0n) is 19.6. The normalized spacial score (nSPS) is 45.4. The molecular weight excluding hydrogens is 402 g/mol. The van der Waals surface area contributed by atoms with Gasteiger partial charge in [0.05, 0.1) is 17.4 Å². The molecule has 3 unspecified atom stereocenters. The first-order valence-electron chi connectivity index (χ1n) is 12.5. The van der Waals surface area contributed by atoms with Gasteiger partial charge in [-0.05, 0) is 105 Å². The number of fused-ring (bicyclic) bond motifs is 5. The Morgan fingerprint density at radius 1 is 1.03 bits per heavy atom. The van der Waals surface area contributed by atoms with Crippen molar-refractivity contribution in [2.45, 2.75) is 84.2 Å². The smallest absolute Gasteiger partial charge is 0.337 e. The van der Waals surface area contributed by atoms with Crippen molar-refractivity contribution < 1.29 is 19.8 Å². The Balaban J connectivity index is 1.63. The van der Waals surface area contributed by atoms with E-state index in [1.54, 1.807) is 25.3 Å². The van der Waals surface area contributed by atoms with Crippen molar-refractivity contribution in [1.29, 1.82) is 0 Å². The molecular formula is C27H37NO4. The van der Waals surface area contributed by atoms with E-state index in [1.165, 1.54) is 0 Å². The quantitative estimate of drug-likeness (QED) is 0.686. The van der Waals surface area contributed by atoms with Gasteiger partial charge in [-0.3, -0.25) is 9.78 Å². The second kappa shape index (κ2) is 7.65. The van der Waals surface area contributed by atoms with E-state index in [1.807, 2.05) is 0 Å². The summed E-state index contributed by atoms with van der Waals surface area (Å²) in [7, 11) is 0. The van der Waals surface area contributed by atoms with E-state index in [0.717, 1.165) is 57.1 Å². The number of rotatable bonds is 3. The van der Waals surface area contributed by atoms with Crippen LogP contribution in [0.3, 0.4) is 0 Å². The monoisotopic (exact) mass is 439 g/mol. The lowest BCUT2D eigenvalue weighted by atomic mass is 9.42. The Labute approximate surface area is 191 Å². The Kier molecular flexibility index (Phi) is 5.27. The molecule has 0 aliphatic heterocycles. The Bertz CT molecular complexity index is 930. The molecule has 4 fully saturated rings. The number of aromatic nitrogens is 1. The highest BCUT2D eigenvalue weighted by atomic mass is 16.4. The highest BCUT2D eigenvalue weighted by Gasteiger charge is 2.63. The molecule has 4 aliphatic carbocycles. The fraction of sp³-hybridized carbons (Fsp3) is 0.741. The van der Waals surface area contributed by atoms with E-state index >= 15 is 0 Å². The largest absolute Gasteiger partial charge is 0.478 e. The number of carbonyl (C=O) groups excluding carboxylic acids is 1. The number of carboxylic acids is 1. The van der Waals surface area contributed by atoms with Crippen molar-refractivity contribution in [2.24, 2.45) is 40.4 Å². The highest BCUT2D eigenvalue weighted by molar-refractivity contribution is 5.89. The molecule has 5 heteroatoms. The molecule has 1 aromatic heterocycles. The minimum Gasteiger partial charge on any atom is -0.478 e. The van der Waals surface area contributed by atoms with E-state index in [-0.39, 0.29) is 28.8 Å². The average Bonchev–Trinajstić information content (AvgIpc) is 3.11. The van der Waals surface area contributed by atoms with Crippen molar-refractivity contribution in [3.63, 3.8) is 0 Å². The predicted octanol–water partition coefficient (Wildman–Crippen LogP) is 5.08. The molecule has 1 heterocycles. The van der Waals surface area contributed by atoms with Gasteiger partial charge in [0.1, 0.15) is 5.78 Å². The van der Waals surface area contributed by atoms with Crippen molar-refractivity contribution >= 4 is 11.8 Å². The molecule has 174 valence electrons. The maximum Gasteiger partial charge on any atom is 0.337 e. The van der Waals surface area contributed by atoms with Crippen LogP contribution in [0.5, 0.6) is 0 Å². The van der Waals surface area contributed by atoms with Crippen LogP contribution in [0.2, 0.25) is 0 Å². The van der Waals surface area contributed by atoms with Gasteiger partial charge in [-0.25, -0.2) is 4.79 Å². The van der Waals surface area contributed by atoms with Crippen LogP contribution in [0, 0.1) is 40.4 Å². The van der Waals surface area contributed by atoms with Gasteiger partial charge in [0.15, 0.2) is 0 Å². The fourth-order valence-electron chi connectivity index (χ4n) is 9.10. The lowest BCUT2D eigenvalue weighted by molar-refractivity contribution is -0.144. The Morgan fingerprint density at radius 2 is 1.75 bits per heavy atom. The molecule has 0 amide bonds. The number of aromatic carboxylic acids is 1. The minimum absolute atomic E-state index is 0.000788. The summed E-state index contributed by atoms with van der Waals surface area (Å²) in [5.74, 6) is 1.25. The maximum atomic E-state index is 12.6. The van der Waals surface area contributed by atoms with E-state index in [4.69, 9.17) is 0 Å². The number of aliphatic hydroxyl groups is 1. The summed E-state index contributed by atoms with van der Waals surface area (Å²) in [5, 5.41) is 20.4. The number of hydrogen-bond donors (Lipinski definition) is 2. The molecule has 5 nitrogen and oxygen atoms in total. The summed E-state index contributed by atoms with van der Waals surface area (Å²) >= 11 is 0. The zero-order valence-corrected chi connectivity index (χ0v) is 19.6. The van der Waals surface area contributed by atoms with Crippen molar-refractivity contribution in [3.05, 3.63) is 29.6 Å². The second-order valence-corrected chi connectivity index (χ2v) is 11.8. The van der Waals surface area contributed by atoms with Crippen LogP contribution < -0.4 is 0 Å². The number of nitrogens with zero attached hydrogens (tertiary/aromatic N) is 1. The summed E-state index contributed by atoms with van der Waals surface area (Å²) < 4.78 is 0. The number of carbonyl (C=O) groups is 2. The minimum atomic E-state index is -0.909. The third-order valence-electron chi connectivity index (χ3n) is 10.6. The van der Waals surface area contributed by atoms with Gasteiger partial charge >= 0.3 is 5.97 Å². The van der Waals surface area contributed by atoms with Gasteiger partial charge < -0.3 is 10.2 Å². The van der Waals surface area contributed by atoms with E-state index in [9.17, 15) is 19.8 Å². The zero-order chi connectivity index (χ0) is 22.8. The topological polar surface area (TPSA) is 87.5 Å². The molecule has 0 aromatic carbocycles. The van der Waals surface area contributed by atoms with Crippen LogP contribution in [0.1, 0.15) is 94.1 Å². The van der Waals surface area contributed by atoms with Gasteiger partial charge in [0, 0.05) is 18.0 Å². The molecule has 5 rings (SSSR count). The van der Waals surface area contributed by atoms with Crippen LogP contribution in [0.15, 0.2) is 18.3 Å². The predicted molar refractivity (Wildman–Crippen MR) is 121 cm³/mol. The number of Topliss-reactive ketones (excluding diaryl/α,β-unsaturated/α-hetero) is 1. The number of hydrogen-bond acceptors (Lipinski definition) is 4. The van der Waals surface area contributed by atoms with Gasteiger partial charge in [-0.1, -0.05) is 13.8 Å². The summed E-state index contributed by atoms with van der Waals surface area (Å²) in [6.45, 7) is 6.53. The standard InChI is InChI=1S/C27H37NO4/c1-15(29)20-6-7-21-23-19(24-18(25(31)32)5-4-12-28-24)14-16-13-17(30)8-10-26(16,2)22(23)9-11-27(20,21)3/h4-5,12,16-17,19-23,30H,6-11,13-14H2,1-3H3,(H,31,32)/t16?,17?,19?,20-,21+,22+,23+,26+,27-/m1/s1. The molecule has 4 aliphatic rings. The Hall–Kier alpha value is -1.75. The van der Waals surface area contributed by atoms with Crippen LogP contribution >= 0.6 is 0 Å². The SMILES string of the molecule is CC(=O)[C@H]1CC[C@H]2[C@@H]3C(c4ncccc4C(=O)O)CC4CC(O)CC[C@]4(C)[C@H]3CC[C@]12C. The van der Waals surface area contributed by atoms with Crippen molar-refractivity contribution in [3.8, 4) is 0 Å². The lowest BCUT2D eigenvalue weighted by Crippen LogP contribution is -2.56. The first-order chi connectivity index (χ1) is 15.2. The molecule has 0 radical (unpaired) electrons. The molecule has 2 N–H and O–H groups in total. The summed E-state index contributed by atoms with van der Waals surface area (Å²) in [6, 6.07) is 3.41. The molecule has 9 atom stereocenters. The van der Waals surface area contributed by atoms with Crippen LogP contribution in [0.4, 0.5) is 0 Å². The summed E-state index contributed by atoms with van der Waals surface area (Å²) in [6.07, 6.45) is 9.27. The first kappa shape index (κ1) is 22.1. The van der Waals surface area contributed by atoms with E-state index in [2.05, 4.69) is 18.8 Å². The maximum absolute atomic E-state index is 12.6. The van der Waals surface area contributed by atoms with Gasteiger partial charge in [-0.2, -0.15) is 0 Å². The molecule has 0 bridgehead atoms. The Morgan fingerprint density at radius 3 is 2.47 bits per heavy atom. The number of pyridine rings is 1. The van der Waals surface area contributed by atoms with E-state index < -0.39 is 5.97 Å². The third-order valence-corrected chi connectivity index (χ3v) is 10.6. The van der Waals surface area contributed by atoms with Gasteiger partial charge in [-0.15, -0.1) is 0 Å². The number of aliphatic hydroxyl groups excluding tert-OH is 1. The lowest BCUT2D eigenvalue weighted by Gasteiger charge is -2.63. The molecule has 1 aromatic rings. The first-order valence-corrected chi connectivity index (χ1v) is 12.5. The van der Waals surface area contributed by atoms with Crippen LogP contribution in [0.25, 0.3) is 0 Å². The number of carboxylic acid groups (broad SMARTS) is 1. The fourth-order valence-corrected chi connectivity index (χ4v) is 9.10. The van der Waals surface area contributed by atoms with Gasteiger partial charge in [0.25, 0.3) is 0 Å². The average molecular weight is 440 g/mol. The number of ketones is 1. The molecule has 0 saturated heterocycles. The molecule has 4 saturated carbocycles. The van der Waals surface area contributed by atoms with E-state index in [0.29, 0.717) is 35.0 Å². The van der Waals surface area contributed by atoms with Crippen LogP contribution in [-0.4, -0.2) is 33.1 Å². The summed E-state index contributed by atoms with van der Waals surface area (Å²) in [4.78, 5) is 29.4. The second-order valence-electron chi connectivity index (χ2n) is 11.8.